The van der Waals surface area contributed by atoms with Gasteiger partial charge in [0.05, 0.1) is 5.56 Å². The molecule has 1 aliphatic heterocycles. The fraction of sp³-hybridized carbons (Fsp3) is 0.429. The van der Waals surface area contributed by atoms with Crippen LogP contribution in [0.15, 0.2) is 24.4 Å². The number of likely N-dealkylation sites (tertiary alicyclic amines) is 1. The molecule has 19 heavy (non-hydrogen) atoms. The van der Waals surface area contributed by atoms with Gasteiger partial charge < -0.3 is 9.88 Å². The van der Waals surface area contributed by atoms with E-state index in [9.17, 15) is 13.2 Å². The second-order valence-corrected chi connectivity index (χ2v) is 4.99. The van der Waals surface area contributed by atoms with Crippen molar-refractivity contribution >= 4 is 10.9 Å². The van der Waals surface area contributed by atoms with Crippen molar-refractivity contribution in [1.82, 2.24) is 9.88 Å². The molecule has 0 unspecified atom stereocenters. The van der Waals surface area contributed by atoms with E-state index in [1.54, 1.807) is 12.3 Å². The largest absolute Gasteiger partial charge is 0.417 e. The average Bonchev–Trinajstić information content (AvgIpc) is 2.69. The van der Waals surface area contributed by atoms with Crippen LogP contribution < -0.4 is 0 Å². The molecule has 0 saturated carbocycles. The van der Waals surface area contributed by atoms with Crippen LogP contribution in [0.5, 0.6) is 0 Å². The molecule has 1 N–H and O–H groups in total. The van der Waals surface area contributed by atoms with Gasteiger partial charge in [-0.2, -0.15) is 13.2 Å². The molecule has 5 heteroatoms. The highest BCUT2D eigenvalue weighted by Crippen LogP contribution is 2.36. The molecule has 0 amide bonds. The summed E-state index contributed by atoms with van der Waals surface area (Å²) >= 11 is 0. The molecule has 3 rings (SSSR count). The first kappa shape index (κ1) is 12.5. The van der Waals surface area contributed by atoms with Crippen molar-refractivity contribution in [3.63, 3.8) is 0 Å². The molecular formula is C14H15F3N2. The van der Waals surface area contributed by atoms with Crippen molar-refractivity contribution in [2.24, 2.45) is 0 Å². The van der Waals surface area contributed by atoms with Gasteiger partial charge in [-0.05, 0) is 43.6 Å². The van der Waals surface area contributed by atoms with Gasteiger partial charge in [-0.3, -0.25) is 0 Å². The molecule has 1 saturated heterocycles. The third kappa shape index (κ3) is 2.34. The number of alkyl halides is 3. The predicted octanol–water partition coefficient (Wildman–Crippen LogP) is 3.43. The summed E-state index contributed by atoms with van der Waals surface area (Å²) in [6.07, 6.45) is -0.734. The molecule has 2 aromatic rings. The zero-order valence-electron chi connectivity index (χ0n) is 10.4. The highest BCUT2D eigenvalue weighted by Gasteiger charge is 2.33. The van der Waals surface area contributed by atoms with E-state index in [1.165, 1.54) is 12.5 Å². The lowest BCUT2D eigenvalue weighted by Crippen LogP contribution is -2.38. The van der Waals surface area contributed by atoms with Gasteiger partial charge in [0, 0.05) is 23.6 Å². The number of aromatic amines is 1. The molecule has 1 fully saturated rings. The Morgan fingerprint density at radius 3 is 2.63 bits per heavy atom. The van der Waals surface area contributed by atoms with Gasteiger partial charge >= 0.3 is 6.18 Å². The predicted molar refractivity (Wildman–Crippen MR) is 68.1 cm³/mol. The number of fused-ring (bicyclic) bond motifs is 1. The van der Waals surface area contributed by atoms with E-state index in [-0.39, 0.29) is 0 Å². The van der Waals surface area contributed by atoms with Crippen LogP contribution in [0.2, 0.25) is 0 Å². The fourth-order valence-electron chi connectivity index (χ4n) is 2.57. The second-order valence-electron chi connectivity index (χ2n) is 4.99. The van der Waals surface area contributed by atoms with E-state index in [0.29, 0.717) is 17.3 Å². The summed E-state index contributed by atoms with van der Waals surface area (Å²) in [6.45, 7) is 2.96. The maximum absolute atomic E-state index is 13.0. The lowest BCUT2D eigenvalue weighted by molar-refractivity contribution is -0.136. The van der Waals surface area contributed by atoms with E-state index in [1.807, 2.05) is 0 Å². The Kier molecular flexibility index (Phi) is 3.01. The van der Waals surface area contributed by atoms with Crippen molar-refractivity contribution in [2.75, 3.05) is 19.6 Å². The Morgan fingerprint density at radius 1 is 1.21 bits per heavy atom. The van der Waals surface area contributed by atoms with Crippen LogP contribution in [-0.2, 0) is 12.6 Å². The van der Waals surface area contributed by atoms with E-state index in [0.717, 1.165) is 31.3 Å². The lowest BCUT2D eigenvalue weighted by Gasteiger charge is -2.30. The van der Waals surface area contributed by atoms with E-state index in [4.69, 9.17) is 0 Å². The normalized spacial score (nSPS) is 16.8. The monoisotopic (exact) mass is 268 g/mol. The third-order valence-electron chi connectivity index (χ3n) is 3.74. The van der Waals surface area contributed by atoms with Gasteiger partial charge in [-0.25, -0.2) is 0 Å². The molecule has 0 spiro atoms. The van der Waals surface area contributed by atoms with Crippen molar-refractivity contribution in [1.29, 1.82) is 0 Å². The summed E-state index contributed by atoms with van der Waals surface area (Å²) in [5, 5.41) is 0.329. The first-order valence-corrected chi connectivity index (χ1v) is 6.44. The third-order valence-corrected chi connectivity index (χ3v) is 3.74. The van der Waals surface area contributed by atoms with Crippen LogP contribution in [0, 0.1) is 0 Å². The Hall–Kier alpha value is -1.49. The first-order valence-electron chi connectivity index (χ1n) is 6.44. The quantitative estimate of drug-likeness (QED) is 0.903. The van der Waals surface area contributed by atoms with E-state index < -0.39 is 11.7 Å². The van der Waals surface area contributed by atoms with E-state index in [2.05, 4.69) is 9.88 Å². The number of rotatable bonds is 3. The summed E-state index contributed by atoms with van der Waals surface area (Å²) in [7, 11) is 0. The number of aromatic nitrogens is 1. The van der Waals surface area contributed by atoms with Crippen LogP contribution in [-0.4, -0.2) is 29.5 Å². The van der Waals surface area contributed by atoms with Gasteiger partial charge in [0.15, 0.2) is 0 Å². The number of benzene rings is 1. The van der Waals surface area contributed by atoms with Crippen LogP contribution in [0.1, 0.15) is 17.5 Å². The second kappa shape index (κ2) is 4.56. The average molecular weight is 268 g/mol. The molecule has 1 aromatic heterocycles. The molecule has 0 atom stereocenters. The zero-order chi connectivity index (χ0) is 13.5. The minimum atomic E-state index is -4.30. The fourth-order valence-corrected chi connectivity index (χ4v) is 2.57. The van der Waals surface area contributed by atoms with Crippen LogP contribution in [0.3, 0.4) is 0 Å². The van der Waals surface area contributed by atoms with E-state index >= 15 is 0 Å². The summed E-state index contributed by atoms with van der Waals surface area (Å²) < 4.78 is 39.1. The van der Waals surface area contributed by atoms with Crippen molar-refractivity contribution in [3.05, 3.63) is 35.5 Å². The SMILES string of the molecule is FC(F)(F)c1cccc2[nH]cc(CCN3CCC3)c12. The number of hydrogen-bond acceptors (Lipinski definition) is 1. The molecule has 0 radical (unpaired) electrons. The summed E-state index contributed by atoms with van der Waals surface area (Å²) in [5.41, 5.74) is 0.785. The minimum Gasteiger partial charge on any atom is -0.361 e. The lowest BCUT2D eigenvalue weighted by atomic mass is 10.0. The maximum Gasteiger partial charge on any atom is 0.417 e. The summed E-state index contributed by atoms with van der Waals surface area (Å²) in [5.74, 6) is 0. The van der Waals surface area contributed by atoms with Gasteiger partial charge in [-0.1, -0.05) is 6.07 Å². The summed E-state index contributed by atoms with van der Waals surface area (Å²) in [6, 6.07) is 4.29. The molecule has 0 bridgehead atoms. The topological polar surface area (TPSA) is 19.0 Å². The first-order chi connectivity index (χ1) is 9.05. The molecule has 102 valence electrons. The zero-order valence-corrected chi connectivity index (χ0v) is 10.4. The maximum atomic E-state index is 13.0. The molecule has 1 aromatic carbocycles. The molecule has 2 nitrogen and oxygen atoms in total. The summed E-state index contributed by atoms with van der Waals surface area (Å²) in [4.78, 5) is 5.20. The Labute approximate surface area is 109 Å². The van der Waals surface area contributed by atoms with Crippen LogP contribution in [0.4, 0.5) is 13.2 Å². The Morgan fingerprint density at radius 2 is 2.00 bits per heavy atom. The van der Waals surface area contributed by atoms with Crippen molar-refractivity contribution in [3.8, 4) is 0 Å². The number of H-pyrrole nitrogens is 1. The van der Waals surface area contributed by atoms with Crippen molar-refractivity contribution < 1.29 is 13.2 Å². The molecule has 1 aliphatic rings. The number of halogens is 3. The highest BCUT2D eigenvalue weighted by atomic mass is 19.4. The Bertz CT molecular complexity index is 582. The van der Waals surface area contributed by atoms with Gasteiger partial charge in [0.25, 0.3) is 0 Å². The number of nitrogens with one attached hydrogen (secondary N) is 1. The Balaban J connectivity index is 1.95. The van der Waals surface area contributed by atoms with Gasteiger partial charge in [0.1, 0.15) is 0 Å². The molecule has 0 aliphatic carbocycles. The van der Waals surface area contributed by atoms with Crippen molar-refractivity contribution in [2.45, 2.75) is 19.0 Å². The smallest absolute Gasteiger partial charge is 0.361 e. The number of nitrogens with zero attached hydrogens (tertiary/aromatic N) is 1. The highest BCUT2D eigenvalue weighted by molar-refractivity contribution is 5.87. The number of hydrogen-bond donors (Lipinski definition) is 1. The molecular weight excluding hydrogens is 253 g/mol. The van der Waals surface area contributed by atoms with Gasteiger partial charge in [0.2, 0.25) is 0 Å². The van der Waals surface area contributed by atoms with Crippen LogP contribution >= 0.6 is 0 Å². The molecule has 2 heterocycles. The standard InChI is InChI=1S/C14H15F3N2/c15-14(16,17)11-3-1-4-12-13(11)10(9-18-12)5-8-19-6-2-7-19/h1,3-4,9,18H,2,5-8H2. The van der Waals surface area contributed by atoms with Gasteiger partial charge in [-0.15, -0.1) is 0 Å². The van der Waals surface area contributed by atoms with Crippen LogP contribution in [0.25, 0.3) is 10.9 Å². The minimum absolute atomic E-state index is 0.329.